The summed E-state index contributed by atoms with van der Waals surface area (Å²) in [5.74, 6) is -0.890. The number of carboxylic acid groups (broad SMARTS) is 1. The Balaban J connectivity index is 1.76. The van der Waals surface area contributed by atoms with Crippen molar-refractivity contribution < 1.29 is 14.6 Å². The van der Waals surface area contributed by atoms with E-state index in [1.807, 2.05) is 6.92 Å². The van der Waals surface area contributed by atoms with Crippen LogP contribution in [0.25, 0.3) is 0 Å². The van der Waals surface area contributed by atoms with Gasteiger partial charge in [-0.2, -0.15) is 0 Å². The second-order valence-electron chi connectivity index (χ2n) is 5.72. The standard InChI is InChI=1S/C12H22N2O3/c1-9-4-10(5-13(9)3)14-7-12(2,8-14)17-6-11(15)16/h9-10H,4-8H2,1-3H3,(H,15,16). The maximum Gasteiger partial charge on any atom is 0.329 e. The number of nitrogens with zero attached hydrogens (tertiary/aromatic N) is 2. The average Bonchev–Trinajstić information content (AvgIpc) is 2.52. The molecule has 0 bridgehead atoms. The van der Waals surface area contributed by atoms with Crippen LogP contribution in [0, 0.1) is 0 Å². The van der Waals surface area contributed by atoms with Gasteiger partial charge >= 0.3 is 5.97 Å². The smallest absolute Gasteiger partial charge is 0.329 e. The molecule has 2 fully saturated rings. The van der Waals surface area contributed by atoms with E-state index in [9.17, 15) is 4.79 Å². The van der Waals surface area contributed by atoms with Crippen LogP contribution in [0.3, 0.4) is 0 Å². The molecule has 5 nitrogen and oxygen atoms in total. The minimum absolute atomic E-state index is 0.189. The average molecular weight is 242 g/mol. The summed E-state index contributed by atoms with van der Waals surface area (Å²) in [6.07, 6.45) is 1.20. The molecular formula is C12H22N2O3. The third-order valence-corrected chi connectivity index (χ3v) is 4.00. The number of carbonyl (C=O) groups is 1. The predicted octanol–water partition coefficient (Wildman–Crippen LogP) is 0.255. The lowest BCUT2D eigenvalue weighted by Crippen LogP contribution is -2.64. The topological polar surface area (TPSA) is 53.0 Å². The fourth-order valence-electron chi connectivity index (χ4n) is 2.82. The van der Waals surface area contributed by atoms with Crippen molar-refractivity contribution in [1.82, 2.24) is 9.80 Å². The van der Waals surface area contributed by atoms with Crippen molar-refractivity contribution in [3.05, 3.63) is 0 Å². The van der Waals surface area contributed by atoms with E-state index >= 15 is 0 Å². The molecule has 0 saturated carbocycles. The highest BCUT2D eigenvalue weighted by molar-refractivity contribution is 5.68. The van der Waals surface area contributed by atoms with Gasteiger partial charge in [0.1, 0.15) is 6.61 Å². The van der Waals surface area contributed by atoms with Crippen molar-refractivity contribution in [3.8, 4) is 0 Å². The zero-order chi connectivity index (χ0) is 12.6. The van der Waals surface area contributed by atoms with Gasteiger partial charge in [0.05, 0.1) is 5.60 Å². The molecule has 0 amide bonds. The molecule has 0 aromatic carbocycles. The Kier molecular flexibility index (Phi) is 3.43. The molecule has 0 radical (unpaired) electrons. The number of hydrogen-bond donors (Lipinski definition) is 1. The van der Waals surface area contributed by atoms with Gasteiger partial charge in [-0.15, -0.1) is 0 Å². The maximum absolute atomic E-state index is 10.5. The number of aliphatic carboxylic acids is 1. The molecule has 2 rings (SSSR count). The van der Waals surface area contributed by atoms with Crippen LogP contribution in [-0.4, -0.2) is 71.8 Å². The SMILES string of the molecule is CC1CC(N2CC(C)(OCC(=O)O)C2)CN1C. The second-order valence-corrected chi connectivity index (χ2v) is 5.72. The fraction of sp³-hybridized carbons (Fsp3) is 0.917. The van der Waals surface area contributed by atoms with Gasteiger partial charge in [0.15, 0.2) is 0 Å². The summed E-state index contributed by atoms with van der Waals surface area (Å²) in [7, 11) is 2.16. The Morgan fingerprint density at radius 2 is 2.18 bits per heavy atom. The van der Waals surface area contributed by atoms with E-state index in [0.717, 1.165) is 19.6 Å². The van der Waals surface area contributed by atoms with Crippen molar-refractivity contribution in [2.24, 2.45) is 0 Å². The second kappa shape index (κ2) is 4.55. The minimum atomic E-state index is -0.890. The molecular weight excluding hydrogens is 220 g/mol. The lowest BCUT2D eigenvalue weighted by molar-refractivity contribution is -0.168. The molecule has 1 N–H and O–H groups in total. The predicted molar refractivity (Wildman–Crippen MR) is 64.1 cm³/mol. The fourth-order valence-corrected chi connectivity index (χ4v) is 2.82. The number of hydrogen-bond acceptors (Lipinski definition) is 4. The number of likely N-dealkylation sites (N-methyl/N-ethyl adjacent to an activating group) is 1. The van der Waals surface area contributed by atoms with Gasteiger partial charge in [0, 0.05) is 31.7 Å². The first-order chi connectivity index (χ1) is 7.89. The third-order valence-electron chi connectivity index (χ3n) is 4.00. The lowest BCUT2D eigenvalue weighted by atomic mass is 9.93. The monoisotopic (exact) mass is 242 g/mol. The van der Waals surface area contributed by atoms with Gasteiger partial charge in [0.2, 0.25) is 0 Å². The molecule has 17 heavy (non-hydrogen) atoms. The molecule has 5 heteroatoms. The first kappa shape index (κ1) is 12.8. The van der Waals surface area contributed by atoms with Gasteiger partial charge in [-0.1, -0.05) is 0 Å². The summed E-state index contributed by atoms with van der Waals surface area (Å²) >= 11 is 0. The van der Waals surface area contributed by atoms with Crippen molar-refractivity contribution in [2.45, 2.75) is 38.0 Å². The van der Waals surface area contributed by atoms with E-state index in [4.69, 9.17) is 9.84 Å². The van der Waals surface area contributed by atoms with Crippen molar-refractivity contribution in [2.75, 3.05) is 33.3 Å². The van der Waals surface area contributed by atoms with Crippen LogP contribution in [0.4, 0.5) is 0 Å². The van der Waals surface area contributed by atoms with E-state index in [0.29, 0.717) is 12.1 Å². The van der Waals surface area contributed by atoms with E-state index < -0.39 is 5.97 Å². The zero-order valence-corrected chi connectivity index (χ0v) is 10.8. The third kappa shape index (κ3) is 2.78. The number of likely N-dealkylation sites (tertiary alicyclic amines) is 2. The number of carboxylic acids is 1. The molecule has 0 aromatic rings. The lowest BCUT2D eigenvalue weighted by Gasteiger charge is -2.50. The Bertz CT molecular complexity index is 292. The van der Waals surface area contributed by atoms with Crippen LogP contribution in [0.5, 0.6) is 0 Å². The van der Waals surface area contributed by atoms with Gasteiger partial charge in [-0.05, 0) is 27.3 Å². The molecule has 98 valence electrons. The highest BCUT2D eigenvalue weighted by atomic mass is 16.5. The maximum atomic E-state index is 10.5. The van der Waals surface area contributed by atoms with Gasteiger partial charge in [-0.3, -0.25) is 4.90 Å². The Hall–Kier alpha value is -0.650. The highest BCUT2D eigenvalue weighted by Gasteiger charge is 2.45. The molecule has 0 spiro atoms. The Morgan fingerprint density at radius 3 is 2.65 bits per heavy atom. The summed E-state index contributed by atoms with van der Waals surface area (Å²) in [6, 6.07) is 1.25. The normalized spacial score (nSPS) is 33.6. The molecule has 2 atom stereocenters. The van der Waals surface area contributed by atoms with E-state index in [1.165, 1.54) is 6.42 Å². The van der Waals surface area contributed by atoms with Gasteiger partial charge in [0.25, 0.3) is 0 Å². The van der Waals surface area contributed by atoms with E-state index in [-0.39, 0.29) is 12.2 Å². The highest BCUT2D eigenvalue weighted by Crippen LogP contribution is 2.31. The molecule has 2 unspecified atom stereocenters. The molecule has 0 aliphatic carbocycles. The summed E-state index contributed by atoms with van der Waals surface area (Å²) < 4.78 is 5.42. The molecule has 0 aromatic heterocycles. The Morgan fingerprint density at radius 1 is 1.53 bits per heavy atom. The largest absolute Gasteiger partial charge is 0.480 e. The summed E-state index contributed by atoms with van der Waals surface area (Å²) in [4.78, 5) is 15.2. The molecule has 2 aliphatic heterocycles. The van der Waals surface area contributed by atoms with Crippen molar-refractivity contribution in [3.63, 3.8) is 0 Å². The summed E-state index contributed by atoms with van der Waals surface area (Å²) in [5, 5.41) is 8.60. The molecule has 2 aliphatic rings. The van der Waals surface area contributed by atoms with Gasteiger partial charge < -0.3 is 14.7 Å². The minimum Gasteiger partial charge on any atom is -0.480 e. The number of ether oxygens (including phenoxy) is 1. The van der Waals surface area contributed by atoms with Crippen molar-refractivity contribution in [1.29, 1.82) is 0 Å². The van der Waals surface area contributed by atoms with E-state index in [1.54, 1.807) is 0 Å². The van der Waals surface area contributed by atoms with Crippen LogP contribution in [0.2, 0.25) is 0 Å². The Labute approximate surface area is 102 Å². The number of rotatable bonds is 4. The van der Waals surface area contributed by atoms with Gasteiger partial charge in [-0.25, -0.2) is 4.79 Å². The van der Waals surface area contributed by atoms with Crippen molar-refractivity contribution >= 4 is 5.97 Å². The first-order valence-electron chi connectivity index (χ1n) is 6.20. The van der Waals surface area contributed by atoms with Crippen LogP contribution in [0.15, 0.2) is 0 Å². The van der Waals surface area contributed by atoms with Crippen LogP contribution in [0.1, 0.15) is 20.3 Å². The quantitative estimate of drug-likeness (QED) is 0.766. The summed E-state index contributed by atoms with van der Waals surface area (Å²) in [5.41, 5.74) is -0.261. The molecule has 2 saturated heterocycles. The summed E-state index contributed by atoms with van der Waals surface area (Å²) in [6.45, 7) is 6.87. The van der Waals surface area contributed by atoms with Crippen LogP contribution in [-0.2, 0) is 9.53 Å². The van der Waals surface area contributed by atoms with Crippen LogP contribution < -0.4 is 0 Å². The van der Waals surface area contributed by atoms with Crippen LogP contribution >= 0.6 is 0 Å². The molecule has 2 heterocycles. The zero-order valence-electron chi connectivity index (χ0n) is 10.8. The first-order valence-corrected chi connectivity index (χ1v) is 6.20. The van der Waals surface area contributed by atoms with E-state index in [2.05, 4.69) is 23.8 Å².